The summed E-state index contributed by atoms with van der Waals surface area (Å²) in [5.74, 6) is -1.30. The molecule has 0 aliphatic rings. The number of hydrogen-bond donors (Lipinski definition) is 5. The van der Waals surface area contributed by atoms with Crippen LogP contribution < -0.4 is 5.48 Å². The Morgan fingerprint density at radius 3 is 2.17 bits per heavy atom. The van der Waals surface area contributed by atoms with Crippen molar-refractivity contribution in [3.63, 3.8) is 0 Å². The Morgan fingerprint density at radius 2 is 1.83 bits per heavy atom. The molecule has 0 rings (SSSR count). The lowest BCUT2D eigenvalue weighted by atomic mass is 10.1. The zero-order valence-corrected chi connectivity index (χ0v) is 5.91. The van der Waals surface area contributed by atoms with E-state index in [-0.39, 0.29) is 6.29 Å². The molecule has 0 aliphatic carbocycles. The Balaban J connectivity index is 4.17. The van der Waals surface area contributed by atoms with Crippen molar-refractivity contribution in [2.45, 2.75) is 18.3 Å². The zero-order chi connectivity index (χ0) is 9.72. The van der Waals surface area contributed by atoms with Crippen LogP contribution in [0.4, 0.5) is 0 Å². The number of aliphatic hydroxyl groups excluding tert-OH is 3. The summed E-state index contributed by atoms with van der Waals surface area (Å²) in [7, 11) is 0. The molecule has 1 amide bonds. The number of aldehydes is 1. The summed E-state index contributed by atoms with van der Waals surface area (Å²) in [6, 6.07) is 0. The second-order valence-electron chi connectivity index (χ2n) is 2.04. The van der Waals surface area contributed by atoms with Crippen molar-refractivity contribution >= 4 is 12.2 Å². The third-order valence-corrected chi connectivity index (χ3v) is 1.19. The Bertz CT molecular complexity index is 171. The molecule has 0 radical (unpaired) electrons. The van der Waals surface area contributed by atoms with Crippen LogP contribution >= 0.6 is 0 Å². The summed E-state index contributed by atoms with van der Waals surface area (Å²) in [6.45, 7) is 0. The Morgan fingerprint density at radius 1 is 1.33 bits per heavy atom. The van der Waals surface area contributed by atoms with Gasteiger partial charge in [0, 0.05) is 0 Å². The molecule has 0 saturated heterocycles. The minimum Gasteiger partial charge on any atom is -0.387 e. The van der Waals surface area contributed by atoms with Crippen LogP contribution in [0.1, 0.15) is 0 Å². The lowest BCUT2D eigenvalue weighted by Gasteiger charge is -2.16. The van der Waals surface area contributed by atoms with E-state index >= 15 is 0 Å². The highest BCUT2D eigenvalue weighted by Crippen LogP contribution is 1.97. The molecular formula is C5H9NO6. The van der Waals surface area contributed by atoms with E-state index < -0.39 is 24.2 Å². The van der Waals surface area contributed by atoms with Gasteiger partial charge >= 0.3 is 0 Å². The van der Waals surface area contributed by atoms with E-state index in [9.17, 15) is 9.59 Å². The largest absolute Gasteiger partial charge is 0.387 e. The first-order valence-electron chi connectivity index (χ1n) is 2.98. The molecule has 5 N–H and O–H groups in total. The van der Waals surface area contributed by atoms with Crippen LogP contribution in [0.15, 0.2) is 0 Å². The summed E-state index contributed by atoms with van der Waals surface area (Å²) in [5, 5.41) is 34.1. The maximum atomic E-state index is 10.4. The average Bonchev–Trinajstić information content (AvgIpc) is 2.12. The van der Waals surface area contributed by atoms with Crippen molar-refractivity contribution in [2.24, 2.45) is 0 Å². The van der Waals surface area contributed by atoms with Crippen LogP contribution in [0, 0.1) is 0 Å². The monoisotopic (exact) mass is 179 g/mol. The Hall–Kier alpha value is -1.02. The smallest absolute Gasteiger partial charge is 0.274 e. The van der Waals surface area contributed by atoms with Crippen molar-refractivity contribution < 1.29 is 30.1 Å². The van der Waals surface area contributed by atoms with Gasteiger partial charge < -0.3 is 20.1 Å². The van der Waals surface area contributed by atoms with Gasteiger partial charge in [-0.15, -0.1) is 0 Å². The first-order valence-corrected chi connectivity index (χ1v) is 2.98. The first-order chi connectivity index (χ1) is 5.54. The summed E-state index contributed by atoms with van der Waals surface area (Å²) in [4.78, 5) is 20.2. The molecule has 0 aromatic carbocycles. The quantitative estimate of drug-likeness (QED) is 0.175. The van der Waals surface area contributed by atoms with Crippen LogP contribution in [0.5, 0.6) is 0 Å². The van der Waals surface area contributed by atoms with Crippen LogP contribution in [-0.2, 0) is 9.59 Å². The predicted molar refractivity (Wildman–Crippen MR) is 34.0 cm³/mol. The van der Waals surface area contributed by atoms with E-state index in [4.69, 9.17) is 20.5 Å². The van der Waals surface area contributed by atoms with E-state index in [1.807, 2.05) is 0 Å². The molecule has 0 aromatic rings. The van der Waals surface area contributed by atoms with E-state index in [0.717, 1.165) is 5.48 Å². The summed E-state index contributed by atoms with van der Waals surface area (Å²) in [5.41, 5.74) is 1.05. The van der Waals surface area contributed by atoms with Gasteiger partial charge in [-0.05, 0) is 0 Å². The number of hydrogen-bond acceptors (Lipinski definition) is 6. The third-order valence-electron chi connectivity index (χ3n) is 1.19. The molecule has 0 aromatic heterocycles. The first kappa shape index (κ1) is 11.0. The van der Waals surface area contributed by atoms with Crippen LogP contribution in [0.25, 0.3) is 0 Å². The fraction of sp³-hybridized carbons (Fsp3) is 0.600. The fourth-order valence-corrected chi connectivity index (χ4v) is 0.488. The van der Waals surface area contributed by atoms with Gasteiger partial charge in [0.2, 0.25) is 0 Å². The maximum Gasteiger partial charge on any atom is 0.274 e. The molecule has 3 atom stereocenters. The van der Waals surface area contributed by atoms with E-state index in [0.29, 0.717) is 0 Å². The number of nitrogens with one attached hydrogen (secondary N) is 1. The van der Waals surface area contributed by atoms with Gasteiger partial charge in [-0.1, -0.05) is 0 Å². The molecular weight excluding hydrogens is 170 g/mol. The minimum atomic E-state index is -2.05. The molecule has 0 saturated carbocycles. The molecule has 0 heterocycles. The SMILES string of the molecule is O=C[C@@H](O)[C@H](O)[C@@H](O)C(=O)NO. The molecule has 70 valence electrons. The number of amides is 1. The molecule has 0 spiro atoms. The number of rotatable bonds is 4. The van der Waals surface area contributed by atoms with Gasteiger partial charge in [0.1, 0.15) is 12.2 Å². The van der Waals surface area contributed by atoms with Crippen molar-refractivity contribution in [1.82, 2.24) is 5.48 Å². The average molecular weight is 179 g/mol. The predicted octanol–water partition coefficient (Wildman–Crippen LogP) is -3.23. The lowest BCUT2D eigenvalue weighted by molar-refractivity contribution is -0.150. The molecule has 0 unspecified atom stereocenters. The summed E-state index contributed by atoms with van der Waals surface area (Å²) < 4.78 is 0. The van der Waals surface area contributed by atoms with Crippen LogP contribution in [-0.4, -0.2) is 51.0 Å². The molecule has 7 heteroatoms. The summed E-state index contributed by atoms with van der Waals surface area (Å²) in [6.07, 6.45) is -5.90. The van der Waals surface area contributed by atoms with Crippen molar-refractivity contribution in [3.05, 3.63) is 0 Å². The van der Waals surface area contributed by atoms with Crippen molar-refractivity contribution in [2.75, 3.05) is 0 Å². The van der Waals surface area contributed by atoms with Crippen molar-refractivity contribution in [3.8, 4) is 0 Å². The second-order valence-corrected chi connectivity index (χ2v) is 2.04. The van der Waals surface area contributed by atoms with Gasteiger partial charge in [0.15, 0.2) is 12.4 Å². The standard InChI is InChI=1S/C5H9NO6/c7-1-2(8)3(9)4(10)5(11)6-12/h1-4,8-10,12H,(H,6,11)/t2-,3+,4-/m1/s1. The van der Waals surface area contributed by atoms with E-state index in [1.165, 1.54) is 0 Å². The molecule has 7 nitrogen and oxygen atoms in total. The Labute approximate surface area is 67.2 Å². The maximum absolute atomic E-state index is 10.4. The summed E-state index contributed by atoms with van der Waals surface area (Å²) >= 11 is 0. The molecule has 0 fully saturated rings. The highest BCUT2D eigenvalue weighted by Gasteiger charge is 2.29. The molecule has 12 heavy (non-hydrogen) atoms. The highest BCUT2D eigenvalue weighted by atomic mass is 16.5. The Kier molecular flexibility index (Phi) is 4.37. The number of carbonyl (C=O) groups is 2. The third kappa shape index (κ3) is 2.55. The fourth-order valence-electron chi connectivity index (χ4n) is 0.488. The highest BCUT2D eigenvalue weighted by molar-refractivity contribution is 5.80. The number of aliphatic hydroxyl groups is 3. The molecule has 0 aliphatic heterocycles. The lowest BCUT2D eigenvalue weighted by Crippen LogP contribution is -2.47. The minimum absolute atomic E-state index is 0.0431. The van der Waals surface area contributed by atoms with Crippen LogP contribution in [0.3, 0.4) is 0 Å². The van der Waals surface area contributed by atoms with E-state index in [1.54, 1.807) is 0 Å². The topological polar surface area (TPSA) is 127 Å². The number of carbonyl (C=O) groups excluding carboxylic acids is 2. The number of hydroxylamine groups is 1. The van der Waals surface area contributed by atoms with Gasteiger partial charge in [-0.3, -0.25) is 10.0 Å². The molecule has 0 bridgehead atoms. The zero-order valence-electron chi connectivity index (χ0n) is 5.91. The van der Waals surface area contributed by atoms with Crippen LogP contribution in [0.2, 0.25) is 0 Å². The van der Waals surface area contributed by atoms with E-state index in [2.05, 4.69) is 0 Å². The van der Waals surface area contributed by atoms with Gasteiger partial charge in [0.05, 0.1) is 0 Å². The van der Waals surface area contributed by atoms with Gasteiger partial charge in [0.25, 0.3) is 5.91 Å². The normalized spacial score (nSPS) is 17.7. The van der Waals surface area contributed by atoms with Gasteiger partial charge in [-0.25, -0.2) is 5.48 Å². The second kappa shape index (κ2) is 4.78. The van der Waals surface area contributed by atoms with Crippen molar-refractivity contribution in [1.29, 1.82) is 0 Å². The van der Waals surface area contributed by atoms with Gasteiger partial charge in [-0.2, -0.15) is 0 Å².